The fourth-order valence-electron chi connectivity index (χ4n) is 0. The third-order valence-electron chi connectivity index (χ3n) is 0.700. The lowest BCUT2D eigenvalue weighted by atomic mass is 10.6. The lowest BCUT2D eigenvalue weighted by molar-refractivity contribution is 0.669. The highest BCUT2D eigenvalue weighted by Gasteiger charge is 2.01. The molecule has 0 fully saturated rings. The molecule has 5 heteroatoms. The molecule has 0 aliphatic heterocycles. The lowest BCUT2D eigenvalue weighted by Gasteiger charge is -2.00. The summed E-state index contributed by atoms with van der Waals surface area (Å²) in [6.07, 6.45) is 0. The maximum Gasteiger partial charge on any atom is 0.105 e. The molecule has 0 rings (SSSR count). The van der Waals surface area contributed by atoms with Crippen molar-refractivity contribution in [3.63, 3.8) is 0 Å². The number of nitrogens with one attached hydrogen (secondary N) is 1. The zero-order valence-electron chi connectivity index (χ0n) is 4.88. The second kappa shape index (κ2) is 3.27. The molecule has 1 atom stereocenters. The highest BCUT2D eigenvalue weighted by atomic mass is 35.5. The van der Waals surface area contributed by atoms with Gasteiger partial charge in [0.1, 0.15) is 9.92 Å². The van der Waals surface area contributed by atoms with Crippen molar-refractivity contribution in [3.05, 3.63) is 0 Å². The van der Waals surface area contributed by atoms with Gasteiger partial charge in [-0.3, -0.25) is 0 Å². The highest BCUT2D eigenvalue weighted by molar-refractivity contribution is 7.90. The molecule has 1 unspecified atom stereocenters. The SMILES string of the molecule is CC(C)S(=N)(N)=O.Cl. The van der Waals surface area contributed by atoms with Crippen molar-refractivity contribution in [3.8, 4) is 0 Å². The molecule has 0 spiro atoms. The molecule has 0 radical (unpaired) electrons. The van der Waals surface area contributed by atoms with Gasteiger partial charge in [-0.2, -0.15) is 0 Å². The van der Waals surface area contributed by atoms with Crippen molar-refractivity contribution in [2.75, 3.05) is 0 Å². The molecule has 0 aromatic heterocycles. The van der Waals surface area contributed by atoms with Crippen LogP contribution >= 0.6 is 12.4 Å². The van der Waals surface area contributed by atoms with Crippen LogP contribution < -0.4 is 5.14 Å². The largest absolute Gasteiger partial charge is 0.245 e. The van der Waals surface area contributed by atoms with Crippen molar-refractivity contribution in [2.45, 2.75) is 19.1 Å². The van der Waals surface area contributed by atoms with Crippen LogP contribution in [0.5, 0.6) is 0 Å². The zero-order chi connectivity index (χ0) is 6.08. The predicted octanol–water partition coefficient (Wildman–Crippen LogP) is 0.737. The molecule has 0 aliphatic rings. The van der Waals surface area contributed by atoms with Crippen LogP contribution in [0, 0.1) is 4.78 Å². The molecule has 0 amide bonds. The van der Waals surface area contributed by atoms with Crippen molar-refractivity contribution >= 4 is 22.3 Å². The molecular formula is C3H11ClN2OS. The molecule has 8 heavy (non-hydrogen) atoms. The van der Waals surface area contributed by atoms with Gasteiger partial charge in [-0.25, -0.2) is 14.1 Å². The zero-order valence-corrected chi connectivity index (χ0v) is 6.51. The summed E-state index contributed by atoms with van der Waals surface area (Å²) >= 11 is 0. The molecule has 0 aromatic carbocycles. The van der Waals surface area contributed by atoms with Gasteiger partial charge in [0, 0.05) is 0 Å². The van der Waals surface area contributed by atoms with Gasteiger partial charge in [-0.1, -0.05) is 0 Å². The average molecular weight is 159 g/mol. The molecule has 0 saturated carbocycles. The van der Waals surface area contributed by atoms with Gasteiger partial charge in [-0.15, -0.1) is 12.4 Å². The minimum Gasteiger partial charge on any atom is -0.245 e. The van der Waals surface area contributed by atoms with E-state index in [1.807, 2.05) is 0 Å². The standard InChI is InChI=1S/C3H10N2OS.ClH/c1-3(2)7(4,5)6;/h3H,1-2H3,(H3,4,5,6);1H. The Hall–Kier alpha value is 0.200. The van der Waals surface area contributed by atoms with E-state index in [-0.39, 0.29) is 17.7 Å². The number of rotatable bonds is 1. The summed E-state index contributed by atoms with van der Waals surface area (Å²) < 4.78 is 17.0. The number of hydrogen-bond acceptors (Lipinski definition) is 2. The van der Waals surface area contributed by atoms with Gasteiger partial charge in [0.25, 0.3) is 0 Å². The highest BCUT2D eigenvalue weighted by Crippen LogP contribution is 1.89. The van der Waals surface area contributed by atoms with Crippen LogP contribution in [0.25, 0.3) is 0 Å². The smallest absolute Gasteiger partial charge is 0.105 e. The molecule has 3 nitrogen and oxygen atoms in total. The monoisotopic (exact) mass is 158 g/mol. The quantitative estimate of drug-likeness (QED) is 0.581. The van der Waals surface area contributed by atoms with Crippen LogP contribution in [0.1, 0.15) is 13.8 Å². The van der Waals surface area contributed by atoms with E-state index in [1.165, 1.54) is 0 Å². The molecule has 3 N–H and O–H groups in total. The summed E-state index contributed by atoms with van der Waals surface area (Å²) in [5.41, 5.74) is 0. The first kappa shape index (κ1) is 11.1. The summed E-state index contributed by atoms with van der Waals surface area (Å²) in [5, 5.41) is 4.64. The third-order valence-corrected chi connectivity index (χ3v) is 2.10. The summed E-state index contributed by atoms with van der Waals surface area (Å²) in [4.78, 5) is 0. The van der Waals surface area contributed by atoms with E-state index in [9.17, 15) is 4.21 Å². The van der Waals surface area contributed by atoms with Crippen molar-refractivity contribution < 1.29 is 4.21 Å². The normalized spacial score (nSPS) is 17.0. The predicted molar refractivity (Wildman–Crippen MR) is 37.4 cm³/mol. The van der Waals surface area contributed by atoms with Gasteiger partial charge in [0.15, 0.2) is 0 Å². The summed E-state index contributed by atoms with van der Waals surface area (Å²) in [5.74, 6) is 0. The van der Waals surface area contributed by atoms with Crippen LogP contribution in [0.2, 0.25) is 0 Å². The van der Waals surface area contributed by atoms with Gasteiger partial charge in [0.2, 0.25) is 0 Å². The Kier molecular flexibility index (Phi) is 4.52. The topological polar surface area (TPSA) is 66.9 Å². The summed E-state index contributed by atoms with van der Waals surface area (Å²) in [7, 11) is -2.74. The van der Waals surface area contributed by atoms with Crippen LogP contribution in [-0.4, -0.2) is 9.46 Å². The molecule has 0 aromatic rings. The van der Waals surface area contributed by atoms with E-state index >= 15 is 0 Å². The van der Waals surface area contributed by atoms with Gasteiger partial charge >= 0.3 is 0 Å². The maximum absolute atomic E-state index is 10.3. The fourth-order valence-corrected chi connectivity index (χ4v) is 0. The summed E-state index contributed by atoms with van der Waals surface area (Å²) in [6.45, 7) is 3.32. The minimum absolute atomic E-state index is 0. The van der Waals surface area contributed by atoms with Crippen molar-refractivity contribution in [1.82, 2.24) is 0 Å². The molecule has 0 saturated heterocycles. The third kappa shape index (κ3) is 4.36. The molecule has 0 heterocycles. The van der Waals surface area contributed by atoms with Gasteiger partial charge in [-0.05, 0) is 13.8 Å². The Bertz CT molecular complexity index is 139. The van der Waals surface area contributed by atoms with Gasteiger partial charge in [0.05, 0.1) is 5.25 Å². The van der Waals surface area contributed by atoms with E-state index in [0.717, 1.165) is 0 Å². The van der Waals surface area contributed by atoms with Crippen LogP contribution in [-0.2, 0) is 9.92 Å². The Balaban J connectivity index is 0. The second-order valence-electron chi connectivity index (χ2n) is 1.70. The van der Waals surface area contributed by atoms with Gasteiger partial charge < -0.3 is 0 Å². The lowest BCUT2D eigenvalue weighted by Crippen LogP contribution is -2.20. The van der Waals surface area contributed by atoms with Crippen LogP contribution in [0.4, 0.5) is 0 Å². The number of nitrogens with two attached hydrogens (primary N) is 1. The summed E-state index contributed by atoms with van der Waals surface area (Å²) in [6, 6.07) is 0. The van der Waals surface area contributed by atoms with Crippen molar-refractivity contribution in [1.29, 1.82) is 4.78 Å². The fraction of sp³-hybridized carbons (Fsp3) is 1.00. The first-order valence-electron chi connectivity index (χ1n) is 2.00. The first-order chi connectivity index (χ1) is 2.94. The number of hydrogen-bond donors (Lipinski definition) is 2. The second-order valence-corrected chi connectivity index (χ2v) is 3.93. The maximum atomic E-state index is 10.3. The van der Waals surface area contributed by atoms with E-state index in [1.54, 1.807) is 13.8 Å². The van der Waals surface area contributed by atoms with E-state index in [2.05, 4.69) is 0 Å². The number of halogens is 1. The molecule has 0 bridgehead atoms. The molecule has 0 aliphatic carbocycles. The Morgan fingerprint density at radius 1 is 1.62 bits per heavy atom. The minimum atomic E-state index is -2.74. The molecule has 52 valence electrons. The molecular weight excluding hydrogens is 148 g/mol. The van der Waals surface area contributed by atoms with E-state index < -0.39 is 9.92 Å². The first-order valence-corrected chi connectivity index (χ1v) is 3.68. The Morgan fingerprint density at radius 2 is 1.75 bits per heavy atom. The van der Waals surface area contributed by atoms with Crippen LogP contribution in [0.15, 0.2) is 0 Å². The van der Waals surface area contributed by atoms with Crippen LogP contribution in [0.3, 0.4) is 0 Å². The average Bonchev–Trinajstić information content (AvgIpc) is 1.31. The Labute approximate surface area is 56.2 Å². The van der Waals surface area contributed by atoms with E-state index in [0.29, 0.717) is 0 Å². The van der Waals surface area contributed by atoms with E-state index in [4.69, 9.17) is 9.92 Å². The van der Waals surface area contributed by atoms with Crippen molar-refractivity contribution in [2.24, 2.45) is 5.14 Å². The Morgan fingerprint density at radius 3 is 1.75 bits per heavy atom.